The van der Waals surface area contributed by atoms with Gasteiger partial charge in [-0.1, -0.05) is 60.7 Å². The van der Waals surface area contributed by atoms with Crippen LogP contribution in [0.15, 0.2) is 72.8 Å². The summed E-state index contributed by atoms with van der Waals surface area (Å²) < 4.78 is 1.33. The molecule has 5 rings (SSSR count). The number of para-hydroxylation sites is 2. The quantitative estimate of drug-likeness (QED) is 0.311. The monoisotopic (exact) mass is 356 g/mol. The number of benzene rings is 3. The fraction of sp³-hybridized carbons (Fsp3) is 0.0476. The van der Waals surface area contributed by atoms with Crippen LogP contribution in [0.25, 0.3) is 21.8 Å². The largest absolute Gasteiger partial charge is 0.385 e. The summed E-state index contributed by atoms with van der Waals surface area (Å²) in [5, 5.41) is 13.7. The average Bonchev–Trinajstić information content (AvgIpc) is 3.03. The lowest BCUT2D eigenvalue weighted by Crippen LogP contribution is -2.54. The van der Waals surface area contributed by atoms with E-state index in [4.69, 9.17) is 0 Å². The zero-order valence-electron chi connectivity index (χ0n) is 14.0. The van der Waals surface area contributed by atoms with Crippen LogP contribution in [0, 0.1) is 10.1 Å². The van der Waals surface area contributed by atoms with Gasteiger partial charge in [0.05, 0.1) is 16.6 Å². The highest BCUT2D eigenvalue weighted by Crippen LogP contribution is 2.42. The molecule has 0 aliphatic carbocycles. The van der Waals surface area contributed by atoms with Gasteiger partial charge in [-0.15, -0.1) is 0 Å². The molecule has 0 saturated heterocycles. The molecule has 1 aliphatic heterocycles. The van der Waals surface area contributed by atoms with Crippen molar-refractivity contribution in [2.75, 3.05) is 0 Å². The van der Waals surface area contributed by atoms with Gasteiger partial charge in [-0.3, -0.25) is 24.3 Å². The molecule has 1 aliphatic rings. The summed E-state index contributed by atoms with van der Waals surface area (Å²) >= 11 is 0. The van der Waals surface area contributed by atoms with Crippen molar-refractivity contribution in [3.63, 3.8) is 0 Å². The maximum absolute atomic E-state index is 13.6. The van der Waals surface area contributed by atoms with E-state index in [9.17, 15) is 19.7 Å². The Morgan fingerprint density at radius 1 is 0.815 bits per heavy atom. The topological polar surface area (TPSA) is 82.2 Å². The van der Waals surface area contributed by atoms with Crippen molar-refractivity contribution in [3.8, 4) is 0 Å². The lowest BCUT2D eigenvalue weighted by atomic mass is 9.79. The molecular formula is C21H12N2O4. The highest BCUT2D eigenvalue weighted by molar-refractivity contribution is 6.31. The fourth-order valence-corrected chi connectivity index (χ4v) is 4.07. The Morgan fingerprint density at radius 3 is 2.22 bits per heavy atom. The molecule has 1 aromatic heterocycles. The lowest BCUT2D eigenvalue weighted by Gasteiger charge is -2.28. The molecule has 3 aromatic carbocycles. The van der Waals surface area contributed by atoms with Crippen molar-refractivity contribution in [1.82, 2.24) is 4.57 Å². The zero-order valence-corrected chi connectivity index (χ0v) is 14.0. The van der Waals surface area contributed by atoms with Crippen LogP contribution in [0.3, 0.4) is 0 Å². The fourth-order valence-electron chi connectivity index (χ4n) is 4.07. The van der Waals surface area contributed by atoms with Gasteiger partial charge in [-0.2, -0.15) is 0 Å². The first-order chi connectivity index (χ1) is 13.1. The first-order valence-corrected chi connectivity index (χ1v) is 8.40. The Kier molecular flexibility index (Phi) is 2.92. The summed E-state index contributed by atoms with van der Waals surface area (Å²) in [5.41, 5.74) is -1.26. The Morgan fingerprint density at radius 2 is 1.48 bits per heavy atom. The Balaban J connectivity index is 2.00. The van der Waals surface area contributed by atoms with Gasteiger partial charge in [-0.05, 0) is 12.1 Å². The van der Waals surface area contributed by atoms with E-state index in [1.807, 2.05) is 18.2 Å². The summed E-state index contributed by atoms with van der Waals surface area (Å²) in [6.07, 6.45) is 0. The number of hydrogen-bond donors (Lipinski definition) is 0. The lowest BCUT2D eigenvalue weighted by molar-refractivity contribution is -0.539. The number of nitrogens with zero attached hydrogens (tertiary/aromatic N) is 2. The molecule has 6 heteroatoms. The van der Waals surface area contributed by atoms with Crippen LogP contribution in [-0.4, -0.2) is 21.2 Å². The molecule has 2 heterocycles. The molecule has 0 radical (unpaired) electrons. The van der Waals surface area contributed by atoms with Crippen molar-refractivity contribution >= 4 is 33.5 Å². The van der Waals surface area contributed by atoms with E-state index in [-0.39, 0.29) is 11.1 Å². The SMILES string of the molecule is O=C1c2cccc3c4ccccc4n(c23)C(=O)C1(c1ccccc1)[N+](=O)[O-]. The van der Waals surface area contributed by atoms with Crippen molar-refractivity contribution in [2.24, 2.45) is 0 Å². The van der Waals surface area contributed by atoms with E-state index in [2.05, 4.69) is 0 Å². The number of rotatable bonds is 2. The highest BCUT2D eigenvalue weighted by atomic mass is 16.6. The van der Waals surface area contributed by atoms with Gasteiger partial charge >= 0.3 is 11.4 Å². The molecule has 6 nitrogen and oxygen atoms in total. The maximum atomic E-state index is 13.6. The summed E-state index contributed by atoms with van der Waals surface area (Å²) in [5.74, 6) is -1.65. The molecule has 27 heavy (non-hydrogen) atoms. The Labute approximate surface area is 152 Å². The molecule has 0 saturated carbocycles. The van der Waals surface area contributed by atoms with Gasteiger partial charge < -0.3 is 0 Å². The summed E-state index contributed by atoms with van der Waals surface area (Å²) in [7, 11) is 0. The molecular weight excluding hydrogens is 344 g/mol. The molecule has 0 amide bonds. The van der Waals surface area contributed by atoms with Gasteiger partial charge in [0.2, 0.25) is 0 Å². The predicted octanol–water partition coefficient (Wildman–Crippen LogP) is 3.80. The van der Waals surface area contributed by atoms with Gasteiger partial charge in [0, 0.05) is 21.3 Å². The van der Waals surface area contributed by atoms with Crippen LogP contribution in [0.5, 0.6) is 0 Å². The molecule has 0 spiro atoms. The van der Waals surface area contributed by atoms with Crippen LogP contribution in [0.1, 0.15) is 20.7 Å². The van der Waals surface area contributed by atoms with E-state index in [1.165, 1.54) is 16.7 Å². The zero-order chi connectivity index (χ0) is 18.8. The number of aromatic nitrogens is 1. The third kappa shape index (κ3) is 1.69. The molecule has 0 fully saturated rings. The van der Waals surface area contributed by atoms with E-state index in [0.717, 1.165) is 10.8 Å². The Bertz CT molecular complexity index is 1290. The van der Waals surface area contributed by atoms with Crippen molar-refractivity contribution < 1.29 is 14.5 Å². The number of Topliss-reactive ketones (excluding diaryl/α,β-unsaturated/α-hetero) is 1. The van der Waals surface area contributed by atoms with Crippen LogP contribution in [0.2, 0.25) is 0 Å². The van der Waals surface area contributed by atoms with E-state index in [1.54, 1.807) is 42.5 Å². The number of carbonyl (C=O) groups is 2. The molecule has 0 N–H and O–H groups in total. The predicted molar refractivity (Wildman–Crippen MR) is 99.5 cm³/mol. The van der Waals surface area contributed by atoms with E-state index < -0.39 is 22.2 Å². The van der Waals surface area contributed by atoms with E-state index >= 15 is 0 Å². The summed E-state index contributed by atoms with van der Waals surface area (Å²) in [6, 6.07) is 20.0. The summed E-state index contributed by atoms with van der Waals surface area (Å²) in [4.78, 5) is 38.4. The average molecular weight is 356 g/mol. The minimum absolute atomic E-state index is 0.0606. The first kappa shape index (κ1) is 15.5. The first-order valence-electron chi connectivity index (χ1n) is 8.40. The maximum Gasteiger partial charge on any atom is 0.385 e. The normalized spacial score (nSPS) is 19.0. The van der Waals surface area contributed by atoms with Crippen LogP contribution < -0.4 is 0 Å². The van der Waals surface area contributed by atoms with E-state index in [0.29, 0.717) is 11.0 Å². The van der Waals surface area contributed by atoms with Gasteiger partial charge in [0.15, 0.2) is 0 Å². The number of carbonyl (C=O) groups excluding carboxylic acids is 2. The standard InChI is InChI=1S/C21H12N2O4/c24-19-16-11-6-10-15-14-9-4-5-12-17(14)22(18(15)16)20(25)21(19,23(26)27)13-7-2-1-3-8-13/h1-12H. The molecule has 0 bridgehead atoms. The highest BCUT2D eigenvalue weighted by Gasteiger charge is 2.63. The molecule has 130 valence electrons. The molecule has 1 unspecified atom stereocenters. The van der Waals surface area contributed by atoms with Crippen molar-refractivity contribution in [2.45, 2.75) is 5.54 Å². The van der Waals surface area contributed by atoms with Gasteiger partial charge in [0.1, 0.15) is 0 Å². The third-order valence-electron chi connectivity index (χ3n) is 5.25. The Hall–Kier alpha value is -3.80. The van der Waals surface area contributed by atoms with Gasteiger partial charge in [-0.25, -0.2) is 0 Å². The number of hydrogen-bond acceptors (Lipinski definition) is 4. The smallest absolute Gasteiger partial charge is 0.285 e. The summed E-state index contributed by atoms with van der Waals surface area (Å²) in [6.45, 7) is 0. The second-order valence-electron chi connectivity index (χ2n) is 6.52. The second-order valence-corrected chi connectivity index (χ2v) is 6.52. The van der Waals surface area contributed by atoms with Crippen LogP contribution >= 0.6 is 0 Å². The molecule has 4 aromatic rings. The number of nitro groups is 1. The van der Waals surface area contributed by atoms with Crippen LogP contribution in [-0.2, 0) is 5.54 Å². The molecule has 1 atom stereocenters. The second kappa shape index (κ2) is 5.11. The van der Waals surface area contributed by atoms with Gasteiger partial charge in [0.25, 0.3) is 5.78 Å². The number of fused-ring (bicyclic) bond motifs is 3. The van der Waals surface area contributed by atoms with Crippen LogP contribution in [0.4, 0.5) is 0 Å². The minimum atomic E-state index is -2.50. The van der Waals surface area contributed by atoms with Crippen molar-refractivity contribution in [3.05, 3.63) is 94.0 Å². The number of ketones is 1. The third-order valence-corrected chi connectivity index (χ3v) is 5.25. The van der Waals surface area contributed by atoms with Crippen molar-refractivity contribution in [1.29, 1.82) is 0 Å². The minimum Gasteiger partial charge on any atom is -0.285 e.